The van der Waals surface area contributed by atoms with Gasteiger partial charge in [0, 0.05) is 42.8 Å². The van der Waals surface area contributed by atoms with Crippen molar-refractivity contribution in [2.45, 2.75) is 31.8 Å². The maximum absolute atomic E-state index is 13.5. The van der Waals surface area contributed by atoms with Crippen LogP contribution in [0.1, 0.15) is 36.0 Å². The van der Waals surface area contributed by atoms with E-state index in [0.29, 0.717) is 12.2 Å². The third kappa shape index (κ3) is 3.07. The lowest BCUT2D eigenvalue weighted by atomic mass is 9.93. The zero-order valence-corrected chi connectivity index (χ0v) is 13.9. The van der Waals surface area contributed by atoms with E-state index in [-0.39, 0.29) is 6.04 Å². The van der Waals surface area contributed by atoms with Crippen molar-refractivity contribution >= 4 is 0 Å². The van der Waals surface area contributed by atoms with E-state index >= 15 is 0 Å². The summed E-state index contributed by atoms with van der Waals surface area (Å²) in [4.78, 5) is 4.32. The summed E-state index contributed by atoms with van der Waals surface area (Å²) in [6.45, 7) is 0.660. The monoisotopic (exact) mass is 343 g/mol. The number of aromatic nitrogens is 4. The lowest BCUT2D eigenvalue weighted by molar-refractivity contribution is 0.445. The molecule has 130 valence electrons. The number of imidazole rings is 1. The second-order valence-corrected chi connectivity index (χ2v) is 6.37. The molecular formula is C18H19F2N5. The Morgan fingerprint density at radius 2 is 2.04 bits per heavy atom. The molecule has 25 heavy (non-hydrogen) atoms. The zero-order chi connectivity index (χ0) is 17.4. The molecule has 2 heterocycles. The van der Waals surface area contributed by atoms with Gasteiger partial charge in [0.05, 0.1) is 18.4 Å². The van der Waals surface area contributed by atoms with Gasteiger partial charge in [0.25, 0.3) is 0 Å². The number of nitrogens with one attached hydrogen (secondary N) is 1. The SMILES string of the molecule is Cn1ccnc1CNC1CCCc2c1cnn2-c1cc(F)cc(F)c1. The van der Waals surface area contributed by atoms with Crippen molar-refractivity contribution in [3.8, 4) is 5.69 Å². The molecule has 0 saturated carbocycles. The van der Waals surface area contributed by atoms with Crippen LogP contribution in [0.4, 0.5) is 8.78 Å². The fourth-order valence-corrected chi connectivity index (χ4v) is 3.43. The van der Waals surface area contributed by atoms with E-state index in [1.165, 1.54) is 12.1 Å². The molecule has 0 amide bonds. The highest BCUT2D eigenvalue weighted by Crippen LogP contribution is 2.31. The van der Waals surface area contributed by atoms with Crippen molar-refractivity contribution in [2.24, 2.45) is 7.05 Å². The Morgan fingerprint density at radius 1 is 1.24 bits per heavy atom. The van der Waals surface area contributed by atoms with Gasteiger partial charge in [0.15, 0.2) is 0 Å². The molecule has 0 aliphatic heterocycles. The Morgan fingerprint density at radius 3 is 2.76 bits per heavy atom. The van der Waals surface area contributed by atoms with Gasteiger partial charge in [-0.05, 0) is 31.4 Å². The van der Waals surface area contributed by atoms with Crippen molar-refractivity contribution in [1.29, 1.82) is 0 Å². The minimum Gasteiger partial charge on any atom is -0.337 e. The van der Waals surface area contributed by atoms with E-state index in [0.717, 1.165) is 42.4 Å². The van der Waals surface area contributed by atoms with Crippen LogP contribution in [-0.4, -0.2) is 19.3 Å². The molecule has 0 spiro atoms. The van der Waals surface area contributed by atoms with Crippen LogP contribution in [0.5, 0.6) is 0 Å². The maximum Gasteiger partial charge on any atom is 0.128 e. The zero-order valence-electron chi connectivity index (χ0n) is 13.9. The summed E-state index contributed by atoms with van der Waals surface area (Å²) in [6, 6.07) is 3.65. The average Bonchev–Trinajstić information content (AvgIpc) is 3.18. The summed E-state index contributed by atoms with van der Waals surface area (Å²) in [7, 11) is 1.97. The molecule has 1 aliphatic carbocycles. The minimum absolute atomic E-state index is 0.160. The van der Waals surface area contributed by atoms with E-state index < -0.39 is 11.6 Å². The largest absolute Gasteiger partial charge is 0.337 e. The molecule has 0 bridgehead atoms. The highest BCUT2D eigenvalue weighted by Gasteiger charge is 2.25. The van der Waals surface area contributed by atoms with Crippen molar-refractivity contribution in [3.63, 3.8) is 0 Å². The summed E-state index contributed by atoms with van der Waals surface area (Å²) in [5, 5.41) is 7.91. The van der Waals surface area contributed by atoms with E-state index in [2.05, 4.69) is 15.4 Å². The summed E-state index contributed by atoms with van der Waals surface area (Å²) in [5.41, 5.74) is 2.52. The first-order chi connectivity index (χ1) is 12.1. The molecule has 0 radical (unpaired) electrons. The first-order valence-corrected chi connectivity index (χ1v) is 8.34. The Bertz CT molecular complexity index is 879. The van der Waals surface area contributed by atoms with Crippen LogP contribution in [-0.2, 0) is 20.0 Å². The Labute approximate surface area is 144 Å². The van der Waals surface area contributed by atoms with E-state index in [4.69, 9.17) is 0 Å². The predicted octanol–water partition coefficient (Wildman–Crippen LogP) is 3.05. The minimum atomic E-state index is -0.598. The molecule has 7 heteroatoms. The summed E-state index contributed by atoms with van der Waals surface area (Å²) in [5.74, 6) is -0.231. The smallest absolute Gasteiger partial charge is 0.128 e. The standard InChI is InChI=1S/C18H19F2N5/c1-24-6-5-21-18(24)11-22-16-3-2-4-17-15(16)10-23-25(17)14-8-12(19)7-13(20)9-14/h5-10,16,22H,2-4,11H2,1H3. The summed E-state index contributed by atoms with van der Waals surface area (Å²) < 4.78 is 30.7. The van der Waals surface area contributed by atoms with Crippen molar-refractivity contribution in [2.75, 3.05) is 0 Å². The predicted molar refractivity (Wildman–Crippen MR) is 89.2 cm³/mol. The van der Waals surface area contributed by atoms with Crippen LogP contribution in [0.2, 0.25) is 0 Å². The van der Waals surface area contributed by atoms with Crippen molar-refractivity contribution in [1.82, 2.24) is 24.6 Å². The third-order valence-electron chi connectivity index (χ3n) is 4.70. The Hall–Kier alpha value is -2.54. The van der Waals surface area contributed by atoms with Crippen LogP contribution >= 0.6 is 0 Å². The van der Waals surface area contributed by atoms with Crippen LogP contribution < -0.4 is 5.32 Å². The number of aryl methyl sites for hydroxylation is 1. The number of benzene rings is 1. The average molecular weight is 343 g/mol. The quantitative estimate of drug-likeness (QED) is 0.792. The molecule has 0 saturated heterocycles. The van der Waals surface area contributed by atoms with E-state index in [1.807, 2.05) is 17.8 Å². The molecule has 1 atom stereocenters. The Kier molecular flexibility index (Phi) is 4.09. The first kappa shape index (κ1) is 16.0. The van der Waals surface area contributed by atoms with Crippen molar-refractivity contribution < 1.29 is 8.78 Å². The van der Waals surface area contributed by atoms with Gasteiger partial charge < -0.3 is 9.88 Å². The maximum atomic E-state index is 13.5. The van der Waals surface area contributed by atoms with Gasteiger partial charge in [-0.2, -0.15) is 5.10 Å². The highest BCUT2D eigenvalue weighted by molar-refractivity contribution is 5.38. The number of halogens is 2. The first-order valence-electron chi connectivity index (χ1n) is 8.34. The fourth-order valence-electron chi connectivity index (χ4n) is 3.43. The van der Waals surface area contributed by atoms with Crippen LogP contribution in [0, 0.1) is 11.6 Å². The van der Waals surface area contributed by atoms with Gasteiger partial charge in [0.2, 0.25) is 0 Å². The number of hydrogen-bond donors (Lipinski definition) is 1. The molecule has 1 aliphatic rings. The molecule has 3 aromatic rings. The lowest BCUT2D eigenvalue weighted by Gasteiger charge is -2.24. The third-order valence-corrected chi connectivity index (χ3v) is 4.70. The Balaban J connectivity index is 1.60. The molecular weight excluding hydrogens is 324 g/mol. The second kappa shape index (κ2) is 6.40. The number of nitrogens with zero attached hydrogens (tertiary/aromatic N) is 4. The molecule has 1 unspecified atom stereocenters. The highest BCUT2D eigenvalue weighted by atomic mass is 19.1. The molecule has 2 aromatic heterocycles. The number of fused-ring (bicyclic) bond motifs is 1. The number of hydrogen-bond acceptors (Lipinski definition) is 3. The normalized spacial score (nSPS) is 16.8. The van der Waals surface area contributed by atoms with Crippen LogP contribution in [0.15, 0.2) is 36.8 Å². The van der Waals surface area contributed by atoms with E-state index in [1.54, 1.807) is 17.1 Å². The van der Waals surface area contributed by atoms with Crippen molar-refractivity contribution in [3.05, 3.63) is 65.5 Å². The van der Waals surface area contributed by atoms with Gasteiger partial charge in [-0.25, -0.2) is 18.4 Å². The second-order valence-electron chi connectivity index (χ2n) is 6.37. The van der Waals surface area contributed by atoms with Gasteiger partial charge >= 0.3 is 0 Å². The van der Waals surface area contributed by atoms with Gasteiger partial charge in [-0.3, -0.25) is 0 Å². The van der Waals surface area contributed by atoms with Crippen LogP contribution in [0.3, 0.4) is 0 Å². The molecule has 5 nitrogen and oxygen atoms in total. The molecule has 4 rings (SSSR count). The van der Waals surface area contributed by atoms with E-state index in [9.17, 15) is 8.78 Å². The molecule has 1 aromatic carbocycles. The number of rotatable bonds is 4. The topological polar surface area (TPSA) is 47.7 Å². The summed E-state index contributed by atoms with van der Waals surface area (Å²) >= 11 is 0. The van der Waals surface area contributed by atoms with Gasteiger partial charge in [0.1, 0.15) is 17.5 Å². The lowest BCUT2D eigenvalue weighted by Crippen LogP contribution is -2.26. The molecule has 1 N–H and O–H groups in total. The van der Waals surface area contributed by atoms with Gasteiger partial charge in [-0.1, -0.05) is 0 Å². The summed E-state index contributed by atoms with van der Waals surface area (Å²) in [6.07, 6.45) is 8.33. The van der Waals surface area contributed by atoms with Gasteiger partial charge in [-0.15, -0.1) is 0 Å². The molecule has 0 fully saturated rings. The van der Waals surface area contributed by atoms with Crippen LogP contribution in [0.25, 0.3) is 5.69 Å². The fraction of sp³-hybridized carbons (Fsp3) is 0.333.